The van der Waals surface area contributed by atoms with Gasteiger partial charge in [0, 0.05) is 36.6 Å². The lowest BCUT2D eigenvalue weighted by Gasteiger charge is -2.28. The van der Waals surface area contributed by atoms with Gasteiger partial charge in [-0.15, -0.1) is 0 Å². The van der Waals surface area contributed by atoms with Crippen molar-refractivity contribution in [3.05, 3.63) is 83.0 Å². The number of rotatable bonds is 5. The number of allylic oxidation sites excluding steroid dienone is 3. The molecule has 0 radical (unpaired) electrons. The zero-order valence-corrected chi connectivity index (χ0v) is 16.6. The van der Waals surface area contributed by atoms with Crippen molar-refractivity contribution in [2.45, 2.75) is 32.5 Å². The van der Waals surface area contributed by atoms with Crippen molar-refractivity contribution in [2.75, 3.05) is 18.4 Å². The van der Waals surface area contributed by atoms with Crippen LogP contribution in [0.25, 0.3) is 5.70 Å². The first-order chi connectivity index (χ1) is 14.3. The van der Waals surface area contributed by atoms with Crippen molar-refractivity contribution < 1.29 is 22.0 Å². The summed E-state index contributed by atoms with van der Waals surface area (Å²) in [7, 11) is 0. The monoisotopic (exact) mass is 422 g/mol. The average molecular weight is 422 g/mol. The molecule has 7 heteroatoms. The maximum Gasteiger partial charge on any atom is 0.416 e. The van der Waals surface area contributed by atoms with Gasteiger partial charge in [-0.1, -0.05) is 24.3 Å². The third-order valence-electron chi connectivity index (χ3n) is 5.05. The number of anilines is 1. The van der Waals surface area contributed by atoms with Gasteiger partial charge in [-0.2, -0.15) is 13.2 Å². The predicted molar refractivity (Wildman–Crippen MR) is 109 cm³/mol. The second-order valence-electron chi connectivity index (χ2n) is 7.04. The number of hydrogen-bond acceptors (Lipinski definition) is 2. The number of nitrogens with zero attached hydrogens (tertiary/aromatic N) is 1. The third kappa shape index (κ3) is 5.20. The first-order valence-electron chi connectivity index (χ1n) is 9.80. The van der Waals surface area contributed by atoms with Gasteiger partial charge >= 0.3 is 6.18 Å². The fourth-order valence-electron chi connectivity index (χ4n) is 3.40. The van der Waals surface area contributed by atoms with Crippen LogP contribution in [-0.2, 0) is 6.54 Å². The molecule has 0 unspecified atom stereocenters. The number of benzene rings is 2. The molecule has 0 saturated heterocycles. The second kappa shape index (κ2) is 9.32. The van der Waals surface area contributed by atoms with Gasteiger partial charge in [0.25, 0.3) is 0 Å². The highest BCUT2D eigenvalue weighted by molar-refractivity contribution is 5.69. The minimum absolute atomic E-state index is 0.0391. The van der Waals surface area contributed by atoms with E-state index in [0.717, 1.165) is 0 Å². The van der Waals surface area contributed by atoms with E-state index in [-0.39, 0.29) is 12.1 Å². The van der Waals surface area contributed by atoms with Crippen LogP contribution in [0.2, 0.25) is 0 Å². The summed E-state index contributed by atoms with van der Waals surface area (Å²) >= 11 is 0. The van der Waals surface area contributed by atoms with E-state index in [1.807, 2.05) is 11.8 Å². The fraction of sp³-hybridized carbons (Fsp3) is 0.304. The van der Waals surface area contributed by atoms with E-state index < -0.39 is 23.4 Å². The van der Waals surface area contributed by atoms with Crippen molar-refractivity contribution in [1.82, 2.24) is 4.90 Å². The minimum atomic E-state index is -4.41. The van der Waals surface area contributed by atoms with E-state index in [1.165, 1.54) is 30.4 Å². The van der Waals surface area contributed by atoms with E-state index in [0.29, 0.717) is 42.9 Å². The molecule has 1 heterocycles. The Bertz CT molecular complexity index is 909. The minimum Gasteiger partial charge on any atom is -0.381 e. The molecule has 0 spiro atoms. The summed E-state index contributed by atoms with van der Waals surface area (Å²) in [5.41, 5.74) is 1.06. The molecule has 2 aromatic carbocycles. The molecule has 0 amide bonds. The van der Waals surface area contributed by atoms with Crippen molar-refractivity contribution in [1.29, 1.82) is 0 Å². The molecule has 160 valence electrons. The lowest BCUT2D eigenvalue weighted by Crippen LogP contribution is -2.25. The summed E-state index contributed by atoms with van der Waals surface area (Å²) in [6.07, 6.45) is -0.956. The summed E-state index contributed by atoms with van der Waals surface area (Å²) < 4.78 is 67.6. The third-order valence-corrected chi connectivity index (χ3v) is 5.05. The SMILES string of the molecule is CCN1CCCC=C(C(F)(F)F)C=C1c1ccc(NCc2c(F)cccc2F)cc1. The summed E-state index contributed by atoms with van der Waals surface area (Å²) in [6, 6.07) is 10.5. The topological polar surface area (TPSA) is 15.3 Å². The standard InChI is InChI=1S/C23H23F5N2/c1-2-30-13-4-3-6-17(23(26,27)28)14-22(30)16-9-11-18(12-10-16)29-15-19-20(24)7-5-8-21(19)25/h5-12,14,29H,2-4,13,15H2,1H3. The lowest BCUT2D eigenvalue weighted by atomic mass is 10.0. The van der Waals surface area contributed by atoms with E-state index >= 15 is 0 Å². The highest BCUT2D eigenvalue weighted by Crippen LogP contribution is 2.33. The first-order valence-corrected chi connectivity index (χ1v) is 9.80. The van der Waals surface area contributed by atoms with Gasteiger partial charge in [-0.25, -0.2) is 8.78 Å². The van der Waals surface area contributed by atoms with Crippen LogP contribution < -0.4 is 5.32 Å². The van der Waals surface area contributed by atoms with Crippen LogP contribution in [0, 0.1) is 11.6 Å². The van der Waals surface area contributed by atoms with Crippen LogP contribution in [0.4, 0.5) is 27.6 Å². The Kier molecular flexibility index (Phi) is 6.80. The largest absolute Gasteiger partial charge is 0.416 e. The van der Waals surface area contributed by atoms with Crippen LogP contribution in [0.15, 0.2) is 60.2 Å². The molecule has 2 nitrogen and oxygen atoms in total. The summed E-state index contributed by atoms with van der Waals surface area (Å²) in [5.74, 6) is -1.27. The molecule has 0 saturated carbocycles. The van der Waals surface area contributed by atoms with E-state index in [2.05, 4.69) is 5.32 Å². The van der Waals surface area contributed by atoms with Crippen LogP contribution >= 0.6 is 0 Å². The van der Waals surface area contributed by atoms with Gasteiger partial charge in [0.05, 0.1) is 5.57 Å². The highest BCUT2D eigenvalue weighted by atomic mass is 19.4. The maximum atomic E-state index is 13.8. The van der Waals surface area contributed by atoms with Crippen molar-refractivity contribution in [3.63, 3.8) is 0 Å². The number of nitrogens with one attached hydrogen (secondary N) is 1. The molecule has 30 heavy (non-hydrogen) atoms. The molecule has 0 bridgehead atoms. The number of halogens is 5. The van der Waals surface area contributed by atoms with E-state index in [9.17, 15) is 22.0 Å². The normalized spacial score (nSPS) is 15.2. The predicted octanol–water partition coefficient (Wildman–Crippen LogP) is 6.52. The zero-order chi connectivity index (χ0) is 21.7. The Labute approximate surface area is 172 Å². The van der Waals surface area contributed by atoms with Crippen LogP contribution in [0.1, 0.15) is 30.9 Å². The van der Waals surface area contributed by atoms with Crippen molar-refractivity contribution >= 4 is 11.4 Å². The Hall–Kier alpha value is -2.83. The first kappa shape index (κ1) is 21.9. The molecule has 0 atom stereocenters. The quantitative estimate of drug-likeness (QED) is 0.552. The molecule has 0 aromatic heterocycles. The molecule has 2 aromatic rings. The van der Waals surface area contributed by atoms with Gasteiger partial charge in [-0.05, 0) is 55.7 Å². The molecule has 3 rings (SSSR count). The molecule has 1 N–H and O–H groups in total. The van der Waals surface area contributed by atoms with E-state index in [4.69, 9.17) is 0 Å². The zero-order valence-electron chi connectivity index (χ0n) is 16.6. The van der Waals surface area contributed by atoms with Gasteiger partial charge in [0.1, 0.15) is 11.6 Å². The molecule has 0 aliphatic carbocycles. The Morgan fingerprint density at radius 1 is 1.00 bits per heavy atom. The van der Waals surface area contributed by atoms with Crippen LogP contribution in [-0.4, -0.2) is 24.2 Å². The van der Waals surface area contributed by atoms with Gasteiger partial charge in [0.15, 0.2) is 0 Å². The van der Waals surface area contributed by atoms with Crippen LogP contribution in [0.3, 0.4) is 0 Å². The Balaban J connectivity index is 1.83. The number of hydrogen-bond donors (Lipinski definition) is 1. The summed E-state index contributed by atoms with van der Waals surface area (Å²) in [4.78, 5) is 1.93. The molecule has 1 aliphatic rings. The Morgan fingerprint density at radius 2 is 1.67 bits per heavy atom. The van der Waals surface area contributed by atoms with Gasteiger partial charge < -0.3 is 10.2 Å². The molecule has 1 aliphatic heterocycles. The molecule has 0 fully saturated rings. The van der Waals surface area contributed by atoms with E-state index in [1.54, 1.807) is 24.3 Å². The summed E-state index contributed by atoms with van der Waals surface area (Å²) in [5, 5.41) is 2.95. The smallest absolute Gasteiger partial charge is 0.381 e. The lowest BCUT2D eigenvalue weighted by molar-refractivity contribution is -0.0885. The molecular weight excluding hydrogens is 399 g/mol. The van der Waals surface area contributed by atoms with Gasteiger partial charge in [0.2, 0.25) is 0 Å². The average Bonchev–Trinajstić information content (AvgIpc) is 2.67. The number of alkyl halides is 3. The highest BCUT2D eigenvalue weighted by Gasteiger charge is 2.33. The summed E-state index contributed by atoms with van der Waals surface area (Å²) in [6.45, 7) is 3.12. The maximum absolute atomic E-state index is 13.8. The van der Waals surface area contributed by atoms with Gasteiger partial charge in [-0.3, -0.25) is 0 Å². The Morgan fingerprint density at radius 3 is 2.27 bits per heavy atom. The molecular formula is C23H23F5N2. The fourth-order valence-corrected chi connectivity index (χ4v) is 3.40. The van der Waals surface area contributed by atoms with Crippen LogP contribution in [0.5, 0.6) is 0 Å². The van der Waals surface area contributed by atoms with Crippen molar-refractivity contribution in [3.8, 4) is 0 Å². The van der Waals surface area contributed by atoms with Crippen molar-refractivity contribution in [2.24, 2.45) is 0 Å². The second-order valence-corrected chi connectivity index (χ2v) is 7.04.